The van der Waals surface area contributed by atoms with Crippen LogP contribution in [0.25, 0.3) is 49.7 Å². The second-order valence-corrected chi connectivity index (χ2v) is 13.4. The summed E-state index contributed by atoms with van der Waals surface area (Å²) in [4.78, 5) is 0. The van der Waals surface area contributed by atoms with Crippen LogP contribution in [0.5, 0.6) is 0 Å². The third-order valence-corrected chi connectivity index (χ3v) is 9.91. The van der Waals surface area contributed by atoms with Crippen LogP contribution in [-0.4, -0.2) is 0 Å². The predicted octanol–water partition coefficient (Wildman–Crippen LogP) is 12.9. The van der Waals surface area contributed by atoms with Crippen molar-refractivity contribution < 1.29 is 0 Å². The molecule has 0 radical (unpaired) electrons. The van der Waals surface area contributed by atoms with Gasteiger partial charge in [0.1, 0.15) is 0 Å². The molecule has 0 saturated carbocycles. The normalized spacial score (nSPS) is 15.0. The van der Waals surface area contributed by atoms with Gasteiger partial charge in [-0.3, -0.25) is 0 Å². The van der Waals surface area contributed by atoms with Crippen LogP contribution in [-0.2, 0) is 0 Å². The van der Waals surface area contributed by atoms with E-state index >= 15 is 0 Å². The molecule has 1 unspecified atom stereocenters. The van der Waals surface area contributed by atoms with Crippen LogP contribution in [0.1, 0.15) is 18.9 Å². The molecule has 0 aliphatic heterocycles. The number of rotatable bonds is 4. The van der Waals surface area contributed by atoms with Crippen molar-refractivity contribution in [2.45, 2.75) is 13.3 Å². The van der Waals surface area contributed by atoms with E-state index in [2.05, 4.69) is 180 Å². The van der Waals surface area contributed by atoms with Gasteiger partial charge in [0.25, 0.3) is 0 Å². The van der Waals surface area contributed by atoms with Crippen LogP contribution in [0.15, 0.2) is 127 Å². The van der Waals surface area contributed by atoms with E-state index in [9.17, 15) is 0 Å². The largest absolute Gasteiger partial charge is 0.0808 e. The number of hydrogen-bond acceptors (Lipinski definition) is 0. The SMILES string of the molecule is CC1C=CC(c2cc(Br)c(-c3cc(Br)c(-c4cc5ccccc5cc4Br)cc3Br)cc2-c2ccccc2)=CC1. The molecule has 1 atom stereocenters. The minimum absolute atomic E-state index is 0.575. The lowest BCUT2D eigenvalue weighted by Crippen LogP contribution is -1.97. The molecule has 6 rings (SSSR count). The maximum absolute atomic E-state index is 3.94. The Hall–Kier alpha value is -2.24. The van der Waals surface area contributed by atoms with E-state index < -0.39 is 0 Å². The lowest BCUT2D eigenvalue weighted by atomic mass is 9.87. The van der Waals surface area contributed by atoms with Gasteiger partial charge in [-0.05, 0) is 104 Å². The van der Waals surface area contributed by atoms with E-state index in [4.69, 9.17) is 0 Å². The third kappa shape index (κ3) is 5.41. The second-order valence-electron chi connectivity index (χ2n) is 9.97. The molecular weight excluding hydrogens is 740 g/mol. The van der Waals surface area contributed by atoms with Crippen molar-refractivity contribution in [1.82, 2.24) is 0 Å². The third-order valence-electron chi connectivity index (χ3n) is 7.29. The van der Waals surface area contributed by atoms with Gasteiger partial charge >= 0.3 is 0 Å². The van der Waals surface area contributed by atoms with Gasteiger partial charge in [0.15, 0.2) is 0 Å². The predicted molar refractivity (Wildman–Crippen MR) is 182 cm³/mol. The maximum atomic E-state index is 3.94. The van der Waals surface area contributed by atoms with Crippen molar-refractivity contribution in [3.63, 3.8) is 0 Å². The van der Waals surface area contributed by atoms with Crippen LogP contribution in [0.2, 0.25) is 0 Å². The Labute approximate surface area is 263 Å². The zero-order chi connectivity index (χ0) is 27.1. The lowest BCUT2D eigenvalue weighted by Gasteiger charge is -2.19. The van der Waals surface area contributed by atoms with Gasteiger partial charge < -0.3 is 0 Å². The molecule has 0 spiro atoms. The summed E-state index contributed by atoms with van der Waals surface area (Å²) in [5.41, 5.74) is 9.50. The van der Waals surface area contributed by atoms with Gasteiger partial charge in [0.2, 0.25) is 0 Å². The second kappa shape index (κ2) is 11.3. The number of hydrogen-bond donors (Lipinski definition) is 0. The molecule has 0 bridgehead atoms. The average Bonchev–Trinajstić information content (AvgIpc) is 2.95. The monoisotopic (exact) mass is 760 g/mol. The van der Waals surface area contributed by atoms with Crippen LogP contribution >= 0.6 is 63.7 Å². The van der Waals surface area contributed by atoms with Crippen LogP contribution < -0.4 is 0 Å². The molecule has 1 aliphatic carbocycles. The van der Waals surface area contributed by atoms with Gasteiger partial charge in [-0.2, -0.15) is 0 Å². The molecule has 0 amide bonds. The quantitative estimate of drug-likeness (QED) is 0.171. The Morgan fingerprint density at radius 2 is 1.05 bits per heavy atom. The maximum Gasteiger partial charge on any atom is 0.0261 e. The van der Waals surface area contributed by atoms with E-state index in [1.54, 1.807) is 0 Å². The summed E-state index contributed by atoms with van der Waals surface area (Å²) in [5, 5.41) is 2.43. The molecule has 0 nitrogen and oxygen atoms in total. The zero-order valence-electron chi connectivity index (χ0n) is 21.2. The molecule has 0 saturated heterocycles. The Morgan fingerprint density at radius 1 is 0.538 bits per heavy atom. The smallest absolute Gasteiger partial charge is 0.0261 e. The summed E-state index contributed by atoms with van der Waals surface area (Å²) in [7, 11) is 0. The molecule has 0 heterocycles. The molecule has 39 heavy (non-hydrogen) atoms. The summed E-state index contributed by atoms with van der Waals surface area (Å²) in [6.07, 6.45) is 8.00. The molecule has 1 aliphatic rings. The fourth-order valence-electron chi connectivity index (χ4n) is 5.18. The van der Waals surface area contributed by atoms with E-state index in [1.165, 1.54) is 33.0 Å². The summed E-state index contributed by atoms with van der Waals surface area (Å²) in [5.74, 6) is 0.575. The molecule has 5 aromatic rings. The van der Waals surface area contributed by atoms with E-state index in [0.717, 1.165) is 46.6 Å². The minimum Gasteiger partial charge on any atom is -0.0808 e. The average molecular weight is 764 g/mol. The first-order chi connectivity index (χ1) is 18.9. The van der Waals surface area contributed by atoms with Gasteiger partial charge in [-0.15, -0.1) is 0 Å². The van der Waals surface area contributed by atoms with Crippen LogP contribution in [0.3, 0.4) is 0 Å². The molecule has 192 valence electrons. The summed E-state index contributed by atoms with van der Waals surface area (Å²) < 4.78 is 4.22. The van der Waals surface area contributed by atoms with Crippen LogP contribution in [0, 0.1) is 5.92 Å². The van der Waals surface area contributed by atoms with Gasteiger partial charge in [-0.25, -0.2) is 0 Å². The van der Waals surface area contributed by atoms with Gasteiger partial charge in [-0.1, -0.05) is 143 Å². The van der Waals surface area contributed by atoms with E-state index in [0.29, 0.717) is 5.92 Å². The first-order valence-electron chi connectivity index (χ1n) is 12.8. The van der Waals surface area contributed by atoms with Gasteiger partial charge in [0, 0.05) is 17.9 Å². The standard InChI is InChI=1S/C35H24Br4/c1-21-11-13-23(14-12-21)27-18-33(37)29(17-26(27)22-7-3-2-4-8-22)31-20-34(38)30(19-35(31)39)28-15-24-9-5-6-10-25(24)16-32(28)36/h2-11,13-21H,12H2,1H3. The van der Waals surface area contributed by atoms with E-state index in [-0.39, 0.29) is 0 Å². The fraction of sp³-hybridized carbons (Fsp3) is 0.0857. The highest BCUT2D eigenvalue weighted by Gasteiger charge is 2.19. The highest BCUT2D eigenvalue weighted by Crippen LogP contribution is 2.45. The molecule has 5 aromatic carbocycles. The van der Waals surface area contributed by atoms with Crippen molar-refractivity contribution >= 4 is 80.1 Å². The number of halogens is 4. The van der Waals surface area contributed by atoms with Crippen molar-refractivity contribution in [2.75, 3.05) is 0 Å². The summed E-state index contributed by atoms with van der Waals surface area (Å²) >= 11 is 15.6. The number of allylic oxidation sites excluding steroid dienone is 4. The number of fused-ring (bicyclic) bond motifs is 1. The van der Waals surface area contributed by atoms with Crippen molar-refractivity contribution in [1.29, 1.82) is 0 Å². The van der Waals surface area contributed by atoms with E-state index in [1.807, 2.05) is 0 Å². The van der Waals surface area contributed by atoms with Crippen molar-refractivity contribution in [2.24, 2.45) is 5.92 Å². The first kappa shape index (κ1) is 27.0. The minimum atomic E-state index is 0.575. The Kier molecular flexibility index (Phi) is 7.83. The highest BCUT2D eigenvalue weighted by atomic mass is 79.9. The van der Waals surface area contributed by atoms with Crippen molar-refractivity contribution in [3.05, 3.63) is 133 Å². The lowest BCUT2D eigenvalue weighted by molar-refractivity contribution is 0.739. The summed E-state index contributed by atoms with van der Waals surface area (Å²) in [6.45, 7) is 2.26. The molecular formula is C35H24Br4. The Balaban J connectivity index is 1.50. The molecule has 0 fully saturated rings. The number of benzene rings is 5. The van der Waals surface area contributed by atoms with Gasteiger partial charge in [0.05, 0.1) is 0 Å². The first-order valence-corrected chi connectivity index (χ1v) is 16.0. The topological polar surface area (TPSA) is 0 Å². The highest BCUT2D eigenvalue weighted by molar-refractivity contribution is 9.11. The summed E-state index contributed by atoms with van der Waals surface area (Å²) in [6, 6.07) is 32.6. The van der Waals surface area contributed by atoms with Crippen molar-refractivity contribution in [3.8, 4) is 33.4 Å². The molecule has 0 N–H and O–H groups in total. The zero-order valence-corrected chi connectivity index (χ0v) is 27.5. The fourth-order valence-corrected chi connectivity index (χ4v) is 7.43. The Bertz CT molecular complexity index is 1780. The van der Waals surface area contributed by atoms with Crippen LogP contribution in [0.4, 0.5) is 0 Å². The molecule has 0 aromatic heterocycles. The molecule has 4 heteroatoms. The Morgan fingerprint density at radius 3 is 1.67 bits per heavy atom.